The molecule has 0 heterocycles. The molecule has 0 aliphatic carbocycles. The summed E-state index contributed by atoms with van der Waals surface area (Å²) >= 11 is 1.31. The van der Waals surface area contributed by atoms with Crippen LogP contribution in [0.25, 0.3) is 0 Å². The highest BCUT2D eigenvalue weighted by molar-refractivity contribution is 7.98. The molecular formula is C63H108N18O25S. The Morgan fingerprint density at radius 2 is 0.654 bits per heavy atom. The Bertz CT molecular complexity index is 3060. The van der Waals surface area contributed by atoms with Crippen molar-refractivity contribution in [2.45, 2.75) is 229 Å². The molecule has 107 heavy (non-hydrogen) atoms. The lowest BCUT2D eigenvalue weighted by molar-refractivity contribution is -0.143. The van der Waals surface area contributed by atoms with Crippen molar-refractivity contribution >= 4 is 124 Å². The molecule has 0 aromatic heterocycles. The number of hydrogen-bond acceptors (Lipinski definition) is 25. The van der Waals surface area contributed by atoms with Crippen LogP contribution in [0.4, 0.5) is 0 Å². The van der Waals surface area contributed by atoms with Crippen molar-refractivity contribution in [2.75, 3.05) is 44.9 Å². The van der Waals surface area contributed by atoms with Gasteiger partial charge in [0.15, 0.2) is 0 Å². The van der Waals surface area contributed by atoms with Crippen LogP contribution in [-0.2, 0) is 91.1 Å². The summed E-state index contributed by atoms with van der Waals surface area (Å²) in [5, 5.41) is 89.7. The van der Waals surface area contributed by atoms with E-state index in [0.717, 1.165) is 20.8 Å². The minimum atomic E-state index is -1.84. The van der Waals surface area contributed by atoms with Crippen molar-refractivity contribution in [3.05, 3.63) is 0 Å². The molecule has 0 bridgehead atoms. The van der Waals surface area contributed by atoms with Crippen LogP contribution >= 0.6 is 11.8 Å². The fraction of sp³-hybridized carbons (Fsp3) is 0.698. The average Bonchev–Trinajstić information content (AvgIpc) is 0.912. The summed E-state index contributed by atoms with van der Waals surface area (Å²) in [6.07, 6.45) is -1.95. The topological polar surface area (TPSA) is 718 Å². The Labute approximate surface area is 620 Å². The number of aliphatic hydroxyl groups is 2. The van der Waals surface area contributed by atoms with Gasteiger partial charge in [-0.15, -0.1) is 0 Å². The molecular weight excluding hydrogens is 1440 g/mol. The molecule has 0 aliphatic rings. The van der Waals surface area contributed by atoms with Crippen molar-refractivity contribution in [3.8, 4) is 0 Å². The Morgan fingerprint density at radius 3 is 1.01 bits per heavy atom. The molecule has 0 saturated heterocycles. The van der Waals surface area contributed by atoms with Crippen LogP contribution < -0.4 is 97.4 Å². The minimum absolute atomic E-state index is 0.0224. The second kappa shape index (κ2) is 52.1. The first kappa shape index (κ1) is 97.1. The second-order valence-corrected chi connectivity index (χ2v) is 26.3. The maximum Gasteiger partial charge on any atom is 0.326 e. The lowest BCUT2D eigenvalue weighted by Crippen LogP contribution is -2.60. The van der Waals surface area contributed by atoms with E-state index in [1.54, 1.807) is 20.1 Å². The van der Waals surface area contributed by atoms with E-state index >= 15 is 0 Å². The van der Waals surface area contributed by atoms with Gasteiger partial charge < -0.3 is 128 Å². The first-order valence-electron chi connectivity index (χ1n) is 34.4. The van der Waals surface area contributed by atoms with E-state index in [-0.39, 0.29) is 51.6 Å². The Hall–Kier alpha value is -9.92. The molecule has 14 atom stereocenters. The summed E-state index contributed by atoms with van der Waals surface area (Å²) in [5.41, 5.74) is 22.1. The maximum absolute atomic E-state index is 14.0. The summed E-state index contributed by atoms with van der Waals surface area (Å²) in [4.78, 5) is 247. The van der Waals surface area contributed by atoms with Gasteiger partial charge >= 0.3 is 23.9 Å². The highest BCUT2D eigenvalue weighted by Crippen LogP contribution is 2.12. The molecule has 0 fully saturated rings. The molecule has 0 aliphatic heterocycles. The molecule has 0 saturated carbocycles. The minimum Gasteiger partial charge on any atom is -0.481 e. The molecule has 0 radical (unpaired) electrons. The number of carboxylic acid groups (broad SMARTS) is 4. The number of aliphatic hydroxyl groups excluding tert-OH is 2. The first-order valence-corrected chi connectivity index (χ1v) is 35.8. The summed E-state index contributed by atoms with van der Waals surface area (Å²) in [7, 11) is 0. The molecule has 28 N–H and O–H groups in total. The SMILES string of the molecule is CSCC[C@H](NC(=O)[C@@H](N)CO)C(=O)N[C@@H](CCC(N)=O)C(=O)N[C@@H](C)C(=O)N[C@@H](CO)C(=O)N[C@@H](CC(C)C)C(=O)N[C@@H](CCC(=O)O)C(=O)N[C@@H](C)C(=O)N[C@@H](CCC(=O)O)C(=O)N[C@@H](C)C(=O)N[C@@H](CCCCN)C(=O)NCC(=O)N[C@@H](CCCCN)C(=O)N[C@@H](C)C(=O)N[C@@H](CCC(=O)O)C(=O)O. The molecule has 0 aromatic rings. The van der Waals surface area contributed by atoms with Crippen LogP contribution in [0.1, 0.15) is 144 Å². The number of carboxylic acids is 4. The fourth-order valence-corrected chi connectivity index (χ4v) is 9.97. The monoisotopic (exact) mass is 1550 g/mol. The Kier molecular flexibility index (Phi) is 47.3. The lowest BCUT2D eigenvalue weighted by atomic mass is 10.0. The molecule has 44 heteroatoms. The number of nitrogens with two attached hydrogens (primary N) is 4. The van der Waals surface area contributed by atoms with Crippen LogP contribution in [0.3, 0.4) is 0 Å². The van der Waals surface area contributed by atoms with Crippen molar-refractivity contribution in [2.24, 2.45) is 28.9 Å². The third kappa shape index (κ3) is 40.4. The van der Waals surface area contributed by atoms with E-state index in [0.29, 0.717) is 18.6 Å². The van der Waals surface area contributed by atoms with E-state index in [1.165, 1.54) is 18.7 Å². The van der Waals surface area contributed by atoms with Crippen molar-refractivity contribution in [1.29, 1.82) is 0 Å². The number of rotatable bonds is 56. The highest BCUT2D eigenvalue weighted by Gasteiger charge is 2.36. The summed E-state index contributed by atoms with van der Waals surface area (Å²) < 4.78 is 0. The Balaban J connectivity index is 6.40. The molecule has 43 nitrogen and oxygen atoms in total. The number of hydrogen-bond donors (Lipinski definition) is 24. The normalized spacial score (nSPS) is 14.9. The van der Waals surface area contributed by atoms with Crippen molar-refractivity contribution in [1.82, 2.24) is 74.4 Å². The molecule has 15 amide bonds. The number of carbonyl (C=O) groups excluding carboxylic acids is 15. The van der Waals surface area contributed by atoms with Crippen LogP contribution in [0.2, 0.25) is 0 Å². The number of unbranched alkanes of at least 4 members (excludes halogenated alkanes) is 2. The average molecular weight is 1550 g/mol. The van der Waals surface area contributed by atoms with Gasteiger partial charge in [-0.2, -0.15) is 11.8 Å². The van der Waals surface area contributed by atoms with Gasteiger partial charge in [0.2, 0.25) is 88.6 Å². The predicted octanol–water partition coefficient (Wildman–Crippen LogP) is -9.20. The molecule has 0 spiro atoms. The summed E-state index contributed by atoms with van der Waals surface area (Å²) in [5.74, 6) is -21.2. The number of primary amides is 1. The second-order valence-electron chi connectivity index (χ2n) is 25.3. The third-order valence-electron chi connectivity index (χ3n) is 15.7. The van der Waals surface area contributed by atoms with E-state index < -0.39 is 274 Å². The lowest BCUT2D eigenvalue weighted by Gasteiger charge is -2.27. The van der Waals surface area contributed by atoms with Gasteiger partial charge in [0.25, 0.3) is 0 Å². The summed E-state index contributed by atoms with van der Waals surface area (Å²) in [6.45, 7) is 5.56. The zero-order chi connectivity index (χ0) is 81.8. The van der Waals surface area contributed by atoms with Gasteiger partial charge in [-0.1, -0.05) is 13.8 Å². The zero-order valence-electron chi connectivity index (χ0n) is 60.9. The quantitative estimate of drug-likeness (QED) is 0.0252. The zero-order valence-corrected chi connectivity index (χ0v) is 61.7. The number of amides is 15. The first-order chi connectivity index (χ1) is 50.2. The van der Waals surface area contributed by atoms with E-state index in [2.05, 4.69) is 74.4 Å². The molecule has 0 aromatic carbocycles. The van der Waals surface area contributed by atoms with E-state index in [4.69, 9.17) is 28.0 Å². The van der Waals surface area contributed by atoms with Crippen LogP contribution in [-0.4, -0.2) is 273 Å². The molecule has 0 unspecified atom stereocenters. The highest BCUT2D eigenvalue weighted by atomic mass is 32.2. The van der Waals surface area contributed by atoms with Crippen LogP contribution in [0.15, 0.2) is 0 Å². The van der Waals surface area contributed by atoms with Crippen molar-refractivity contribution in [3.63, 3.8) is 0 Å². The number of nitrogens with one attached hydrogen (secondary N) is 14. The van der Waals surface area contributed by atoms with Crippen molar-refractivity contribution < 1.29 is 122 Å². The standard InChI is InChI=1S/C63H108N18O25S/c1-30(2)26-43(80-62(104)44(29-83)81-53(95)34(6)72-57(99)38(14-18-45(67)84)77-60(102)41(22-25-107-7)76-54(96)35(66)28-82)61(103)78-40(16-20-48(88)89)59(101)71-32(4)51(93)75-39(15-19-47(86)87)58(100)70-31(3)50(92)74-36(12-8-10-23-64)55(97)68-27-46(85)73-37(13-9-11-24-65)56(98)69-33(5)52(94)79-42(63(105)106)17-21-49(90)91/h30-44,82-83H,8-29,64-66H2,1-7H3,(H2,67,84)(H,68,97)(H,69,98)(H,70,100)(H,71,101)(H,72,99)(H,73,85)(H,74,92)(H,75,93)(H,76,96)(H,77,102)(H,78,103)(H,79,94)(H,80,104)(H,81,95)(H,86,87)(H,88,89)(H,90,91)(H,105,106)/t31-,32-,33-,34-,35-,36-,37-,38-,39-,40-,41-,42-,43-,44-/m0/s1. The number of thioether (sulfide) groups is 1. The predicted molar refractivity (Wildman–Crippen MR) is 378 cm³/mol. The van der Waals surface area contributed by atoms with Gasteiger partial charge in [0, 0.05) is 25.7 Å². The maximum atomic E-state index is 14.0. The van der Waals surface area contributed by atoms with Gasteiger partial charge in [0.1, 0.15) is 84.6 Å². The van der Waals surface area contributed by atoms with E-state index in [1.807, 2.05) is 0 Å². The number of carbonyl (C=O) groups is 19. The fourth-order valence-electron chi connectivity index (χ4n) is 9.50. The smallest absolute Gasteiger partial charge is 0.326 e. The van der Waals surface area contributed by atoms with Gasteiger partial charge in [-0.25, -0.2) is 4.79 Å². The van der Waals surface area contributed by atoms with Gasteiger partial charge in [-0.3, -0.25) is 86.3 Å². The Morgan fingerprint density at radius 1 is 0.346 bits per heavy atom. The molecule has 606 valence electrons. The van der Waals surface area contributed by atoms with Gasteiger partial charge in [0.05, 0.1) is 19.8 Å². The summed E-state index contributed by atoms with van der Waals surface area (Å²) in [6, 6.07) is -21.7. The van der Waals surface area contributed by atoms with Gasteiger partial charge in [-0.05, 0) is 136 Å². The third-order valence-corrected chi connectivity index (χ3v) is 16.3. The van der Waals surface area contributed by atoms with E-state index in [9.17, 15) is 117 Å². The largest absolute Gasteiger partial charge is 0.481 e. The van der Waals surface area contributed by atoms with Crippen LogP contribution in [0.5, 0.6) is 0 Å². The van der Waals surface area contributed by atoms with Crippen LogP contribution in [0, 0.1) is 5.92 Å². The molecule has 0 rings (SSSR count). The number of aliphatic carboxylic acids is 4.